The molecule has 0 saturated heterocycles. The summed E-state index contributed by atoms with van der Waals surface area (Å²) in [5, 5.41) is 3.81. The quantitative estimate of drug-likeness (QED) is 0.455. The summed E-state index contributed by atoms with van der Waals surface area (Å²) in [4.78, 5) is 3.76. The minimum atomic E-state index is 0.572. The molecule has 3 nitrogen and oxygen atoms in total. The predicted octanol–water partition coefficient (Wildman–Crippen LogP) is -0.00271. The van der Waals surface area contributed by atoms with Crippen LogP contribution in [0.4, 0.5) is 0 Å². The molecule has 0 saturated carbocycles. The highest BCUT2D eigenvalue weighted by Gasteiger charge is 1.83. The van der Waals surface area contributed by atoms with E-state index >= 15 is 0 Å². The van der Waals surface area contributed by atoms with Gasteiger partial charge in [0.1, 0.15) is 6.33 Å². The van der Waals surface area contributed by atoms with Gasteiger partial charge in [-0.15, -0.1) is 0 Å². The van der Waals surface area contributed by atoms with Crippen LogP contribution in [-0.2, 0) is 7.05 Å². The van der Waals surface area contributed by atoms with Crippen molar-refractivity contribution in [3.8, 4) is 0 Å². The minimum absolute atomic E-state index is 0.572. The molecule has 1 rings (SSSR count). The first-order valence-corrected chi connectivity index (χ1v) is 1.96. The zero-order chi connectivity index (χ0) is 5.28. The second-order valence-corrected chi connectivity index (χ2v) is 1.33. The molecule has 0 aliphatic rings. The van der Waals surface area contributed by atoms with Gasteiger partial charge in [0, 0.05) is 14.0 Å². The van der Waals surface area contributed by atoms with Gasteiger partial charge in [0.15, 0.2) is 5.82 Å². The average Bonchev–Trinajstić information content (AvgIpc) is 1.87. The number of hydrogen-bond acceptors (Lipinski definition) is 2. The van der Waals surface area contributed by atoms with Crippen LogP contribution in [0, 0.1) is 6.92 Å². The van der Waals surface area contributed by atoms with Crippen LogP contribution >= 0.6 is 0 Å². The monoisotopic (exact) mass is 96.1 g/mol. The van der Waals surface area contributed by atoms with E-state index in [4.69, 9.17) is 0 Å². The molecule has 0 aliphatic heterocycles. The molecule has 0 spiro atoms. The van der Waals surface area contributed by atoms with E-state index < -0.39 is 0 Å². The molecule has 0 fully saturated rings. The van der Waals surface area contributed by atoms with Crippen molar-refractivity contribution in [3.05, 3.63) is 19.1 Å². The Morgan fingerprint density at radius 2 is 2.57 bits per heavy atom. The van der Waals surface area contributed by atoms with Gasteiger partial charge in [-0.25, -0.2) is 4.98 Å². The number of nitrogens with zero attached hydrogens (tertiary/aromatic N) is 3. The van der Waals surface area contributed by atoms with E-state index in [1.165, 1.54) is 0 Å². The molecule has 0 amide bonds. The van der Waals surface area contributed by atoms with Gasteiger partial charge in [-0.05, 0) is 0 Å². The Kier molecular flexibility index (Phi) is 0.817. The predicted molar refractivity (Wildman–Crippen MR) is 25.5 cm³/mol. The highest BCUT2D eigenvalue weighted by atomic mass is 15.3. The topological polar surface area (TPSA) is 30.7 Å². The van der Waals surface area contributed by atoms with Gasteiger partial charge in [-0.2, -0.15) is 5.10 Å². The number of hydrogen-bond donors (Lipinski definition) is 0. The Balaban J connectivity index is 3.04. The molecule has 7 heavy (non-hydrogen) atoms. The standard InChI is InChI=1S/C4H6N3/c1-4-5-3-7(2)6-4/h3H,1H2,2H3. The summed E-state index contributed by atoms with van der Waals surface area (Å²) in [6, 6.07) is 0. The Morgan fingerprint density at radius 3 is 2.71 bits per heavy atom. The van der Waals surface area contributed by atoms with Gasteiger partial charge in [-0.1, -0.05) is 0 Å². The van der Waals surface area contributed by atoms with Crippen LogP contribution in [0.3, 0.4) is 0 Å². The largest absolute Gasteiger partial charge is 0.256 e. The van der Waals surface area contributed by atoms with Crippen molar-refractivity contribution < 1.29 is 0 Å². The van der Waals surface area contributed by atoms with Crippen molar-refractivity contribution >= 4 is 0 Å². The molecule has 0 aromatic carbocycles. The molecular formula is C4H6N3. The summed E-state index contributed by atoms with van der Waals surface area (Å²) in [5.41, 5.74) is 0. The van der Waals surface area contributed by atoms with Crippen LogP contribution in [0.15, 0.2) is 6.33 Å². The van der Waals surface area contributed by atoms with E-state index in [9.17, 15) is 0 Å². The molecule has 1 radical (unpaired) electrons. The Labute approximate surface area is 42.0 Å². The highest BCUT2D eigenvalue weighted by Crippen LogP contribution is 1.79. The van der Waals surface area contributed by atoms with Gasteiger partial charge < -0.3 is 0 Å². The molecule has 0 aliphatic carbocycles. The molecule has 0 N–H and O–H groups in total. The van der Waals surface area contributed by atoms with Crippen molar-refractivity contribution in [3.63, 3.8) is 0 Å². The average molecular weight is 96.1 g/mol. The van der Waals surface area contributed by atoms with E-state index in [1.54, 1.807) is 11.0 Å². The van der Waals surface area contributed by atoms with Crippen molar-refractivity contribution in [1.82, 2.24) is 14.8 Å². The summed E-state index contributed by atoms with van der Waals surface area (Å²) >= 11 is 0. The van der Waals surface area contributed by atoms with Crippen LogP contribution in [0.2, 0.25) is 0 Å². The minimum Gasteiger partial charge on any atom is -0.256 e. The molecule has 37 valence electrons. The Bertz CT molecular complexity index is 139. The molecule has 0 unspecified atom stereocenters. The zero-order valence-corrected chi connectivity index (χ0v) is 4.13. The van der Waals surface area contributed by atoms with E-state index in [0.717, 1.165) is 0 Å². The van der Waals surface area contributed by atoms with E-state index in [2.05, 4.69) is 17.0 Å². The van der Waals surface area contributed by atoms with Crippen molar-refractivity contribution in [2.75, 3.05) is 0 Å². The zero-order valence-electron chi connectivity index (χ0n) is 4.13. The molecule has 1 aromatic rings. The van der Waals surface area contributed by atoms with E-state index in [-0.39, 0.29) is 0 Å². The summed E-state index contributed by atoms with van der Waals surface area (Å²) in [6.45, 7) is 3.50. The lowest BCUT2D eigenvalue weighted by Crippen LogP contribution is -1.86. The summed E-state index contributed by atoms with van der Waals surface area (Å²) in [6.07, 6.45) is 1.61. The van der Waals surface area contributed by atoms with Gasteiger partial charge in [-0.3, -0.25) is 4.68 Å². The van der Waals surface area contributed by atoms with Crippen LogP contribution in [-0.4, -0.2) is 14.8 Å². The van der Waals surface area contributed by atoms with Crippen LogP contribution in [0.1, 0.15) is 5.82 Å². The fourth-order valence-electron chi connectivity index (χ4n) is 0.384. The summed E-state index contributed by atoms with van der Waals surface area (Å²) in [7, 11) is 1.81. The van der Waals surface area contributed by atoms with Crippen molar-refractivity contribution in [2.24, 2.45) is 7.05 Å². The van der Waals surface area contributed by atoms with E-state index in [1.807, 2.05) is 7.05 Å². The second kappa shape index (κ2) is 1.33. The Hall–Kier alpha value is -0.860. The lowest BCUT2D eigenvalue weighted by molar-refractivity contribution is 0.761. The lowest BCUT2D eigenvalue weighted by atomic mass is 10.8. The Morgan fingerprint density at radius 1 is 1.86 bits per heavy atom. The first-order chi connectivity index (χ1) is 3.29. The first kappa shape index (κ1) is 4.30. The van der Waals surface area contributed by atoms with Crippen LogP contribution < -0.4 is 0 Å². The van der Waals surface area contributed by atoms with E-state index in [0.29, 0.717) is 5.82 Å². The molecule has 3 heteroatoms. The summed E-state index contributed by atoms with van der Waals surface area (Å²) in [5.74, 6) is 0.572. The highest BCUT2D eigenvalue weighted by molar-refractivity contribution is 4.83. The molecular weight excluding hydrogens is 90.1 g/mol. The maximum absolute atomic E-state index is 3.81. The number of aromatic nitrogens is 3. The van der Waals surface area contributed by atoms with Crippen LogP contribution in [0.25, 0.3) is 0 Å². The fraction of sp³-hybridized carbons (Fsp3) is 0.250. The fourth-order valence-corrected chi connectivity index (χ4v) is 0.384. The molecule has 1 aromatic heterocycles. The number of aryl methyl sites for hydroxylation is 1. The molecule has 1 heterocycles. The third-order valence-corrected chi connectivity index (χ3v) is 0.647. The second-order valence-electron chi connectivity index (χ2n) is 1.33. The molecule has 0 bridgehead atoms. The third kappa shape index (κ3) is 0.765. The van der Waals surface area contributed by atoms with Crippen molar-refractivity contribution in [2.45, 2.75) is 0 Å². The smallest absolute Gasteiger partial charge is 0.151 e. The van der Waals surface area contributed by atoms with Crippen LogP contribution in [0.5, 0.6) is 0 Å². The van der Waals surface area contributed by atoms with Gasteiger partial charge >= 0.3 is 0 Å². The first-order valence-electron chi connectivity index (χ1n) is 1.96. The van der Waals surface area contributed by atoms with Crippen molar-refractivity contribution in [1.29, 1.82) is 0 Å². The van der Waals surface area contributed by atoms with Gasteiger partial charge in [0.25, 0.3) is 0 Å². The van der Waals surface area contributed by atoms with Gasteiger partial charge in [0.2, 0.25) is 0 Å². The maximum Gasteiger partial charge on any atom is 0.151 e. The molecule has 0 atom stereocenters. The maximum atomic E-state index is 3.81. The normalized spacial score (nSPS) is 9.43. The number of rotatable bonds is 0. The SMILES string of the molecule is [CH2]c1ncn(C)n1. The third-order valence-electron chi connectivity index (χ3n) is 0.647. The van der Waals surface area contributed by atoms with Gasteiger partial charge in [0.05, 0.1) is 0 Å². The lowest BCUT2D eigenvalue weighted by Gasteiger charge is -1.76. The summed E-state index contributed by atoms with van der Waals surface area (Å²) < 4.78 is 1.61.